The minimum absolute atomic E-state index is 0.239. The second-order valence-corrected chi connectivity index (χ2v) is 4.45. The van der Waals surface area contributed by atoms with E-state index in [2.05, 4.69) is 5.32 Å². The van der Waals surface area contributed by atoms with E-state index in [0.29, 0.717) is 16.5 Å². The van der Waals surface area contributed by atoms with E-state index >= 15 is 0 Å². The first kappa shape index (κ1) is 13.4. The number of para-hydroxylation sites is 2. The third kappa shape index (κ3) is 3.73. The average molecular weight is 276 g/mol. The largest absolute Gasteiger partial charge is 0.481 e. The van der Waals surface area contributed by atoms with Crippen molar-refractivity contribution in [2.24, 2.45) is 0 Å². The van der Waals surface area contributed by atoms with E-state index in [0.717, 1.165) is 0 Å². The number of anilines is 1. The molecule has 4 heteroatoms. The van der Waals surface area contributed by atoms with Crippen molar-refractivity contribution >= 4 is 23.2 Å². The van der Waals surface area contributed by atoms with Gasteiger partial charge in [0.2, 0.25) is 0 Å². The average Bonchev–Trinajstić information content (AvgIpc) is 2.42. The summed E-state index contributed by atoms with van der Waals surface area (Å²) in [6, 6.07) is 16.3. The van der Waals surface area contributed by atoms with Gasteiger partial charge in [-0.25, -0.2) is 0 Å². The molecule has 0 fully saturated rings. The Bertz CT molecular complexity index is 557. The third-order valence-corrected chi connectivity index (χ3v) is 2.89. The predicted molar refractivity (Wildman–Crippen MR) is 76.6 cm³/mol. The maximum atomic E-state index is 12.0. The molecule has 0 aromatic heterocycles. The molecule has 2 rings (SSSR count). The smallest absolute Gasteiger partial charge is 0.265 e. The van der Waals surface area contributed by atoms with E-state index in [4.69, 9.17) is 16.3 Å². The second-order valence-electron chi connectivity index (χ2n) is 4.04. The summed E-state index contributed by atoms with van der Waals surface area (Å²) >= 11 is 5.98. The number of ether oxygens (including phenoxy) is 1. The van der Waals surface area contributed by atoms with E-state index in [1.807, 2.05) is 30.3 Å². The molecule has 0 radical (unpaired) electrons. The first-order chi connectivity index (χ1) is 9.16. The second kappa shape index (κ2) is 6.25. The summed E-state index contributed by atoms with van der Waals surface area (Å²) in [7, 11) is 0. The molecule has 0 saturated heterocycles. The molecule has 2 aromatic rings. The fourth-order valence-electron chi connectivity index (χ4n) is 1.55. The van der Waals surface area contributed by atoms with Crippen molar-refractivity contribution in [1.82, 2.24) is 0 Å². The lowest BCUT2D eigenvalue weighted by atomic mass is 10.3. The summed E-state index contributed by atoms with van der Waals surface area (Å²) in [4.78, 5) is 12.0. The number of carbonyl (C=O) groups excluding carboxylic acids is 1. The Labute approximate surface area is 117 Å². The first-order valence-corrected chi connectivity index (χ1v) is 6.31. The van der Waals surface area contributed by atoms with E-state index in [1.54, 1.807) is 31.2 Å². The number of rotatable bonds is 4. The molecular formula is C15H14ClNO2. The van der Waals surface area contributed by atoms with Crippen LogP contribution in [0.5, 0.6) is 5.75 Å². The maximum Gasteiger partial charge on any atom is 0.265 e. The standard InChI is InChI=1S/C15H14ClNO2/c1-11(19-12-7-3-2-4-8-12)15(18)17-14-10-6-5-9-13(14)16/h2-11H,1H3,(H,17,18)/t11-/m0/s1. The minimum Gasteiger partial charge on any atom is -0.481 e. The highest BCUT2D eigenvalue weighted by molar-refractivity contribution is 6.33. The minimum atomic E-state index is -0.598. The zero-order valence-corrected chi connectivity index (χ0v) is 11.2. The molecule has 98 valence electrons. The van der Waals surface area contributed by atoms with Crippen LogP contribution in [0.3, 0.4) is 0 Å². The maximum absolute atomic E-state index is 12.0. The molecule has 2 aromatic carbocycles. The van der Waals surface area contributed by atoms with Gasteiger partial charge in [0, 0.05) is 0 Å². The number of amides is 1. The van der Waals surface area contributed by atoms with Crippen molar-refractivity contribution in [1.29, 1.82) is 0 Å². The molecule has 0 aliphatic rings. The SMILES string of the molecule is C[C@H](Oc1ccccc1)C(=O)Nc1ccccc1Cl. The van der Waals surface area contributed by atoms with Crippen molar-refractivity contribution in [2.45, 2.75) is 13.0 Å². The number of halogens is 1. The van der Waals surface area contributed by atoms with Crippen LogP contribution in [-0.2, 0) is 4.79 Å². The van der Waals surface area contributed by atoms with E-state index in [-0.39, 0.29) is 5.91 Å². The van der Waals surface area contributed by atoms with Gasteiger partial charge < -0.3 is 10.1 Å². The molecule has 0 spiro atoms. The monoisotopic (exact) mass is 275 g/mol. The zero-order valence-electron chi connectivity index (χ0n) is 10.5. The fourth-order valence-corrected chi connectivity index (χ4v) is 1.74. The van der Waals surface area contributed by atoms with Gasteiger partial charge in [0.1, 0.15) is 5.75 Å². The summed E-state index contributed by atoms with van der Waals surface area (Å²) in [6.45, 7) is 1.69. The van der Waals surface area contributed by atoms with Gasteiger partial charge in [0.25, 0.3) is 5.91 Å². The van der Waals surface area contributed by atoms with E-state index in [1.165, 1.54) is 0 Å². The van der Waals surface area contributed by atoms with Gasteiger partial charge in [0.15, 0.2) is 6.10 Å². The van der Waals surface area contributed by atoms with Crippen LogP contribution in [0.4, 0.5) is 5.69 Å². The molecule has 1 amide bonds. The number of carbonyl (C=O) groups is 1. The highest BCUT2D eigenvalue weighted by Crippen LogP contribution is 2.21. The van der Waals surface area contributed by atoms with Crippen LogP contribution in [0.25, 0.3) is 0 Å². The van der Waals surface area contributed by atoms with Crippen molar-refractivity contribution in [3.8, 4) is 5.75 Å². The molecule has 1 N–H and O–H groups in total. The molecule has 0 bridgehead atoms. The van der Waals surface area contributed by atoms with Gasteiger partial charge in [0.05, 0.1) is 10.7 Å². The first-order valence-electron chi connectivity index (χ1n) is 5.94. The lowest BCUT2D eigenvalue weighted by Gasteiger charge is -2.15. The Morgan fingerprint density at radius 1 is 1.11 bits per heavy atom. The number of hydrogen-bond donors (Lipinski definition) is 1. The van der Waals surface area contributed by atoms with E-state index < -0.39 is 6.10 Å². The van der Waals surface area contributed by atoms with Gasteiger partial charge in [-0.3, -0.25) is 4.79 Å². The van der Waals surface area contributed by atoms with Crippen LogP contribution in [0.15, 0.2) is 54.6 Å². The number of hydrogen-bond acceptors (Lipinski definition) is 2. The summed E-state index contributed by atoms with van der Waals surface area (Å²) < 4.78 is 5.53. The van der Waals surface area contributed by atoms with Gasteiger partial charge in [-0.05, 0) is 31.2 Å². The molecule has 0 aliphatic carbocycles. The number of benzene rings is 2. The molecule has 0 saturated carbocycles. The Kier molecular flexibility index (Phi) is 4.42. The predicted octanol–water partition coefficient (Wildman–Crippen LogP) is 3.75. The molecule has 0 aliphatic heterocycles. The lowest BCUT2D eigenvalue weighted by Crippen LogP contribution is -2.30. The van der Waals surface area contributed by atoms with Crippen molar-refractivity contribution in [2.75, 3.05) is 5.32 Å². The van der Waals surface area contributed by atoms with Crippen molar-refractivity contribution < 1.29 is 9.53 Å². The number of nitrogens with one attached hydrogen (secondary N) is 1. The Balaban J connectivity index is 1.99. The fraction of sp³-hybridized carbons (Fsp3) is 0.133. The summed E-state index contributed by atoms with van der Waals surface area (Å²) in [5.41, 5.74) is 0.581. The topological polar surface area (TPSA) is 38.3 Å². The Morgan fingerprint density at radius 2 is 1.74 bits per heavy atom. The van der Waals surface area contributed by atoms with Crippen LogP contribution in [0, 0.1) is 0 Å². The van der Waals surface area contributed by atoms with Crippen LogP contribution in [-0.4, -0.2) is 12.0 Å². The van der Waals surface area contributed by atoms with Crippen LogP contribution < -0.4 is 10.1 Å². The highest BCUT2D eigenvalue weighted by atomic mass is 35.5. The summed E-state index contributed by atoms with van der Waals surface area (Å²) in [6.07, 6.45) is -0.598. The zero-order chi connectivity index (χ0) is 13.7. The Hall–Kier alpha value is -2.00. The molecule has 3 nitrogen and oxygen atoms in total. The molecule has 1 atom stereocenters. The normalized spacial score (nSPS) is 11.7. The quantitative estimate of drug-likeness (QED) is 0.923. The van der Waals surface area contributed by atoms with Crippen LogP contribution >= 0.6 is 11.6 Å². The summed E-state index contributed by atoms with van der Waals surface area (Å²) in [5.74, 6) is 0.418. The van der Waals surface area contributed by atoms with Gasteiger partial charge in [-0.2, -0.15) is 0 Å². The summed E-state index contributed by atoms with van der Waals surface area (Å²) in [5, 5.41) is 3.24. The van der Waals surface area contributed by atoms with E-state index in [9.17, 15) is 4.79 Å². The van der Waals surface area contributed by atoms with Gasteiger partial charge in [-0.1, -0.05) is 41.9 Å². The van der Waals surface area contributed by atoms with Crippen LogP contribution in [0.1, 0.15) is 6.92 Å². The van der Waals surface area contributed by atoms with Gasteiger partial charge >= 0.3 is 0 Å². The third-order valence-electron chi connectivity index (χ3n) is 2.56. The molecule has 0 unspecified atom stereocenters. The molecule has 19 heavy (non-hydrogen) atoms. The van der Waals surface area contributed by atoms with Gasteiger partial charge in [-0.15, -0.1) is 0 Å². The molecule has 0 heterocycles. The lowest BCUT2D eigenvalue weighted by molar-refractivity contribution is -0.122. The Morgan fingerprint density at radius 3 is 2.42 bits per heavy atom. The van der Waals surface area contributed by atoms with Crippen molar-refractivity contribution in [3.05, 3.63) is 59.6 Å². The molecular weight excluding hydrogens is 262 g/mol. The highest BCUT2D eigenvalue weighted by Gasteiger charge is 2.15. The van der Waals surface area contributed by atoms with Crippen LogP contribution in [0.2, 0.25) is 5.02 Å². The van der Waals surface area contributed by atoms with Crippen molar-refractivity contribution in [3.63, 3.8) is 0 Å².